The fourth-order valence-electron chi connectivity index (χ4n) is 6.89. The summed E-state index contributed by atoms with van der Waals surface area (Å²) in [6, 6.07) is 36.7. The lowest BCUT2D eigenvalue weighted by molar-refractivity contribution is -0.138. The van der Waals surface area contributed by atoms with Crippen LogP contribution in [0.5, 0.6) is 0 Å². The van der Waals surface area contributed by atoms with Crippen LogP contribution in [0.25, 0.3) is 28.5 Å². The maximum Gasteiger partial charge on any atom is 0.511 e. The second-order valence-electron chi connectivity index (χ2n) is 14.5. The van der Waals surface area contributed by atoms with E-state index in [4.69, 9.17) is 13.9 Å². The van der Waals surface area contributed by atoms with Crippen molar-refractivity contribution in [2.24, 2.45) is 0 Å². The molecule has 0 fully saturated rings. The van der Waals surface area contributed by atoms with Gasteiger partial charge >= 0.3 is 14.0 Å². The summed E-state index contributed by atoms with van der Waals surface area (Å²) in [5.41, 5.74) is 6.11. The van der Waals surface area contributed by atoms with Gasteiger partial charge < -0.3 is 9.53 Å². The van der Waals surface area contributed by atoms with Crippen molar-refractivity contribution < 1.29 is 27.8 Å². The molecule has 0 bridgehead atoms. The van der Waals surface area contributed by atoms with Gasteiger partial charge in [0.25, 0.3) is 8.32 Å². The molecule has 53 heavy (non-hydrogen) atoms. The molecule has 6 nitrogen and oxygen atoms in total. The minimum atomic E-state index is -3.11. The molecule has 0 aliphatic rings. The molecule has 4 aromatic carbocycles. The summed E-state index contributed by atoms with van der Waals surface area (Å²) in [7, 11) is -5.41. The Morgan fingerprint density at radius 1 is 0.887 bits per heavy atom. The zero-order valence-electron chi connectivity index (χ0n) is 31.3. The monoisotopic (exact) mass is 748 g/mol. The van der Waals surface area contributed by atoms with Crippen molar-refractivity contribution in [3.8, 4) is 22.4 Å². The molecule has 1 N–H and O–H groups in total. The van der Waals surface area contributed by atoms with Gasteiger partial charge in [-0.2, -0.15) is 0 Å². The molecule has 0 saturated carbocycles. The van der Waals surface area contributed by atoms with E-state index in [-0.39, 0.29) is 36.0 Å². The molecule has 1 aromatic heterocycles. The van der Waals surface area contributed by atoms with Crippen molar-refractivity contribution in [3.63, 3.8) is 0 Å². The van der Waals surface area contributed by atoms with Gasteiger partial charge in [-0.1, -0.05) is 144 Å². The van der Waals surface area contributed by atoms with Crippen LogP contribution in [0.4, 0.5) is 4.39 Å². The van der Waals surface area contributed by atoms with E-state index in [0.717, 1.165) is 49.6 Å². The van der Waals surface area contributed by atoms with Crippen molar-refractivity contribution >= 4 is 38.8 Å². The normalized spacial score (nSPS) is 13.0. The third kappa shape index (κ3) is 9.50. The molecule has 0 amide bonds. The summed E-state index contributed by atoms with van der Waals surface area (Å²) in [6.45, 7) is 12.4. The zero-order chi connectivity index (χ0) is 38.2. The Morgan fingerprint density at radius 2 is 1.47 bits per heavy atom. The number of aryl methyl sites for hydroxylation is 1. The fraction of sp³-hybridized carbons (Fsp3) is 0.273. The lowest BCUT2D eigenvalue weighted by Gasteiger charge is -2.44. The minimum Gasteiger partial charge on any atom is -0.481 e. The molecule has 0 aliphatic heterocycles. The molecule has 0 aliphatic carbocycles. The number of benzene rings is 4. The number of pyridine rings is 1. The van der Waals surface area contributed by atoms with Crippen LogP contribution in [0.15, 0.2) is 121 Å². The molecule has 1 unspecified atom stereocenters. The van der Waals surface area contributed by atoms with Crippen molar-refractivity contribution in [2.45, 2.75) is 65.0 Å². The second kappa shape index (κ2) is 17.5. The maximum atomic E-state index is 14.2. The van der Waals surface area contributed by atoms with Crippen LogP contribution in [0.1, 0.15) is 63.8 Å². The molecule has 2 atom stereocenters. The largest absolute Gasteiger partial charge is 0.511 e. The van der Waals surface area contributed by atoms with E-state index < -0.39 is 28.4 Å². The van der Waals surface area contributed by atoms with Gasteiger partial charge in [-0.05, 0) is 67.7 Å². The van der Waals surface area contributed by atoms with Crippen LogP contribution in [0, 0.1) is 12.7 Å². The highest BCUT2D eigenvalue weighted by Gasteiger charge is 2.52. The number of rotatable bonds is 15. The van der Waals surface area contributed by atoms with Gasteiger partial charge in [-0.25, -0.2) is 4.39 Å². The molecule has 1 heterocycles. The maximum absolute atomic E-state index is 14.2. The number of nitrogens with zero attached hydrogens (tertiary/aromatic N) is 1. The molecule has 5 aromatic rings. The number of aliphatic carboxylic acids is 1. The average Bonchev–Trinajstić information content (AvgIpc) is 3.12. The SMILES string of the molecule is Cc1cc(F)ccc1-c1cc(-c2ccccc2)nc(C(C)C)c1/C=C/CO[P+](=O)C[C@H](CC(=O)O)O[Si](c1ccccc1)(c1ccccc1)C(C)(C)C. The Balaban J connectivity index is 1.43. The molecule has 274 valence electrons. The van der Waals surface area contributed by atoms with Crippen LogP contribution in [-0.2, 0) is 18.3 Å². The lowest BCUT2D eigenvalue weighted by Crippen LogP contribution is -2.68. The van der Waals surface area contributed by atoms with E-state index in [2.05, 4.69) is 34.6 Å². The average molecular weight is 749 g/mol. The van der Waals surface area contributed by atoms with E-state index in [1.807, 2.05) is 110 Å². The Labute approximate surface area is 314 Å². The molecule has 5 rings (SSSR count). The number of carbonyl (C=O) groups is 1. The molecule has 0 spiro atoms. The molecule has 0 saturated heterocycles. The molecule has 9 heteroatoms. The first-order valence-corrected chi connectivity index (χ1v) is 21.2. The summed E-state index contributed by atoms with van der Waals surface area (Å²) in [4.78, 5) is 17.2. The van der Waals surface area contributed by atoms with Gasteiger partial charge in [-0.15, -0.1) is 4.52 Å². The fourth-order valence-corrected chi connectivity index (χ4v) is 12.6. The third-order valence-electron chi connectivity index (χ3n) is 9.30. The van der Waals surface area contributed by atoms with Crippen molar-refractivity contribution in [2.75, 3.05) is 12.8 Å². The van der Waals surface area contributed by atoms with Gasteiger partial charge in [0.1, 0.15) is 18.5 Å². The van der Waals surface area contributed by atoms with Crippen LogP contribution in [-0.4, -0.2) is 43.2 Å². The first-order chi connectivity index (χ1) is 25.3. The van der Waals surface area contributed by atoms with E-state index >= 15 is 0 Å². The quantitative estimate of drug-likeness (QED) is 0.0848. The van der Waals surface area contributed by atoms with Crippen molar-refractivity contribution in [3.05, 3.63) is 144 Å². The highest BCUT2D eigenvalue weighted by Crippen LogP contribution is 2.40. The molecule has 0 radical (unpaired) electrons. The Bertz CT molecular complexity index is 2010. The number of hydrogen-bond donors (Lipinski definition) is 1. The van der Waals surface area contributed by atoms with Crippen LogP contribution in [0.2, 0.25) is 5.04 Å². The number of carboxylic acid groups (broad SMARTS) is 1. The Morgan fingerprint density at radius 3 is 2.00 bits per heavy atom. The summed E-state index contributed by atoms with van der Waals surface area (Å²) >= 11 is 0. The van der Waals surface area contributed by atoms with Gasteiger partial charge in [0.05, 0.1) is 17.8 Å². The Kier molecular flexibility index (Phi) is 13.1. The number of carboxylic acids is 1. The second-order valence-corrected chi connectivity index (χ2v) is 20.1. The standard InChI is InChI=1S/C44H47FNO5PSi/c1-31(2)43-39(40(38-25-24-34(45)27-32(38)3)29-41(46-43)33-17-10-7-11-18-33)23-16-26-50-52(49)30-35(28-42(47)48)51-53(44(4,5)6,36-19-12-8-13-20-36)37-21-14-9-15-22-37/h7-25,27,29,31,35H,26,28,30H2,1-6H3/p+1/b23-16+/t35-/m0/s1. The molecular formula is C44H48FNO5PSi+. The number of hydrogen-bond acceptors (Lipinski definition) is 5. The van der Waals surface area contributed by atoms with E-state index in [9.17, 15) is 18.9 Å². The van der Waals surface area contributed by atoms with Gasteiger partial charge in [0.2, 0.25) is 6.16 Å². The first kappa shape index (κ1) is 39.6. The van der Waals surface area contributed by atoms with E-state index in [1.54, 1.807) is 12.1 Å². The van der Waals surface area contributed by atoms with E-state index in [1.165, 1.54) is 12.1 Å². The van der Waals surface area contributed by atoms with E-state index in [0.29, 0.717) is 0 Å². The number of halogens is 1. The predicted molar refractivity (Wildman–Crippen MR) is 216 cm³/mol. The van der Waals surface area contributed by atoms with Crippen LogP contribution >= 0.6 is 8.03 Å². The summed E-state index contributed by atoms with van der Waals surface area (Å²) in [5.74, 6) is -1.28. The van der Waals surface area contributed by atoms with Gasteiger partial charge in [-0.3, -0.25) is 9.78 Å². The summed E-state index contributed by atoms with van der Waals surface area (Å²) in [6.07, 6.45) is 2.47. The third-order valence-corrected chi connectivity index (χ3v) is 15.5. The highest BCUT2D eigenvalue weighted by atomic mass is 31.1. The van der Waals surface area contributed by atoms with Crippen molar-refractivity contribution in [1.29, 1.82) is 0 Å². The van der Waals surface area contributed by atoms with Gasteiger partial charge in [0, 0.05) is 11.1 Å². The first-order valence-electron chi connectivity index (χ1n) is 17.9. The van der Waals surface area contributed by atoms with Gasteiger partial charge in [0.15, 0.2) is 0 Å². The van der Waals surface area contributed by atoms with Crippen LogP contribution in [0.3, 0.4) is 0 Å². The minimum absolute atomic E-state index is 0.0218. The zero-order valence-corrected chi connectivity index (χ0v) is 33.1. The number of aromatic nitrogens is 1. The topological polar surface area (TPSA) is 85.7 Å². The predicted octanol–water partition coefficient (Wildman–Crippen LogP) is 10.2. The highest BCUT2D eigenvalue weighted by molar-refractivity contribution is 7.39. The lowest BCUT2D eigenvalue weighted by atomic mass is 9.90. The summed E-state index contributed by atoms with van der Waals surface area (Å²) in [5, 5.41) is 11.6. The smallest absolute Gasteiger partial charge is 0.481 e. The van der Waals surface area contributed by atoms with Crippen molar-refractivity contribution in [1.82, 2.24) is 4.98 Å². The molecular weight excluding hydrogens is 701 g/mol. The van der Waals surface area contributed by atoms with Crippen LogP contribution < -0.4 is 10.4 Å². The Hall–Kier alpha value is -4.59. The summed E-state index contributed by atoms with van der Waals surface area (Å²) < 4.78 is 40.7.